The molecule has 2 aromatic carbocycles. The average molecular weight is 368 g/mol. The number of pyridine rings is 1. The van der Waals surface area contributed by atoms with E-state index in [1.165, 1.54) is 0 Å². The van der Waals surface area contributed by atoms with Crippen molar-refractivity contribution >= 4 is 28.5 Å². The number of rotatable bonds is 5. The lowest BCUT2D eigenvalue weighted by Gasteiger charge is -2.27. The Hall–Kier alpha value is -2.59. The van der Waals surface area contributed by atoms with Crippen LogP contribution in [0.5, 0.6) is 0 Å². The molecule has 0 bridgehead atoms. The molecule has 0 saturated heterocycles. The van der Waals surface area contributed by atoms with Gasteiger partial charge in [0.1, 0.15) is 5.15 Å². The van der Waals surface area contributed by atoms with Gasteiger partial charge in [-0.05, 0) is 31.5 Å². The molecule has 0 saturated carbocycles. The number of amides is 2. The Morgan fingerprint density at radius 1 is 1.12 bits per heavy atom. The Kier molecular flexibility index (Phi) is 5.74. The van der Waals surface area contributed by atoms with Crippen LogP contribution in [0.4, 0.5) is 4.79 Å². The number of carbonyl (C=O) groups is 1. The first-order chi connectivity index (χ1) is 12.5. The Morgan fingerprint density at radius 2 is 1.81 bits per heavy atom. The first kappa shape index (κ1) is 18.2. The van der Waals surface area contributed by atoms with Gasteiger partial charge in [0.2, 0.25) is 0 Å². The van der Waals surface area contributed by atoms with Crippen molar-refractivity contribution in [3.05, 3.63) is 76.9 Å². The maximum Gasteiger partial charge on any atom is 0.318 e. The van der Waals surface area contributed by atoms with Gasteiger partial charge in [0.25, 0.3) is 0 Å². The summed E-state index contributed by atoms with van der Waals surface area (Å²) in [6, 6.07) is 19.6. The Labute approximate surface area is 158 Å². The predicted octanol–water partition coefficient (Wildman–Crippen LogP) is 5.01. The second-order valence-corrected chi connectivity index (χ2v) is 6.85. The molecule has 1 aromatic heterocycles. The van der Waals surface area contributed by atoms with Crippen molar-refractivity contribution in [1.29, 1.82) is 0 Å². The number of para-hydroxylation sites is 1. The zero-order chi connectivity index (χ0) is 18.5. The lowest BCUT2D eigenvalue weighted by Crippen LogP contribution is -2.43. The molecule has 0 atom stereocenters. The smallest absolute Gasteiger partial charge is 0.318 e. The summed E-state index contributed by atoms with van der Waals surface area (Å²) >= 11 is 6.36. The number of carbonyl (C=O) groups excluding carboxylic acids is 1. The molecule has 0 fully saturated rings. The number of fused-ring (bicyclic) bond motifs is 1. The van der Waals surface area contributed by atoms with Gasteiger partial charge >= 0.3 is 6.03 Å². The molecule has 2 amide bonds. The van der Waals surface area contributed by atoms with Crippen molar-refractivity contribution in [2.45, 2.75) is 33.0 Å². The second-order valence-electron chi connectivity index (χ2n) is 6.50. The van der Waals surface area contributed by atoms with Crippen LogP contribution < -0.4 is 5.32 Å². The minimum Gasteiger partial charge on any atom is -0.334 e. The van der Waals surface area contributed by atoms with Crippen LogP contribution in [0.3, 0.4) is 0 Å². The summed E-state index contributed by atoms with van der Waals surface area (Å²) in [5.74, 6) is 0. The predicted molar refractivity (Wildman–Crippen MR) is 106 cm³/mol. The van der Waals surface area contributed by atoms with Crippen LogP contribution in [-0.2, 0) is 13.1 Å². The largest absolute Gasteiger partial charge is 0.334 e. The molecule has 26 heavy (non-hydrogen) atoms. The molecular formula is C21H22ClN3O. The van der Waals surface area contributed by atoms with Gasteiger partial charge in [-0.15, -0.1) is 0 Å². The summed E-state index contributed by atoms with van der Waals surface area (Å²) in [5.41, 5.74) is 2.76. The van der Waals surface area contributed by atoms with E-state index in [2.05, 4.69) is 10.3 Å². The highest BCUT2D eigenvalue weighted by molar-refractivity contribution is 6.30. The van der Waals surface area contributed by atoms with Crippen LogP contribution >= 0.6 is 11.6 Å². The number of benzene rings is 2. The van der Waals surface area contributed by atoms with Crippen LogP contribution in [0.2, 0.25) is 5.15 Å². The molecule has 0 aliphatic rings. The van der Waals surface area contributed by atoms with Gasteiger partial charge in [0.05, 0.1) is 12.1 Å². The van der Waals surface area contributed by atoms with E-state index in [1.807, 2.05) is 74.5 Å². The molecule has 134 valence electrons. The van der Waals surface area contributed by atoms with Crippen molar-refractivity contribution < 1.29 is 4.79 Å². The van der Waals surface area contributed by atoms with Crippen molar-refractivity contribution in [1.82, 2.24) is 15.2 Å². The number of aromatic nitrogens is 1. The average Bonchev–Trinajstić information content (AvgIpc) is 2.65. The van der Waals surface area contributed by atoms with E-state index in [-0.39, 0.29) is 12.1 Å². The molecule has 0 spiro atoms. The molecule has 0 aliphatic carbocycles. The van der Waals surface area contributed by atoms with E-state index in [0.717, 1.165) is 22.0 Å². The van der Waals surface area contributed by atoms with E-state index in [9.17, 15) is 4.79 Å². The maximum atomic E-state index is 12.7. The molecule has 1 N–H and O–H groups in total. The molecular weight excluding hydrogens is 346 g/mol. The third-order valence-corrected chi connectivity index (χ3v) is 4.59. The summed E-state index contributed by atoms with van der Waals surface area (Å²) in [5, 5.41) is 4.43. The lowest BCUT2D eigenvalue weighted by atomic mass is 10.1. The monoisotopic (exact) mass is 367 g/mol. The van der Waals surface area contributed by atoms with Gasteiger partial charge in [-0.2, -0.15) is 0 Å². The summed E-state index contributed by atoms with van der Waals surface area (Å²) < 4.78 is 0. The molecule has 0 unspecified atom stereocenters. The number of nitrogens with zero attached hydrogens (tertiary/aromatic N) is 2. The normalized spacial score (nSPS) is 10.9. The Balaban J connectivity index is 1.76. The zero-order valence-electron chi connectivity index (χ0n) is 14.9. The third kappa shape index (κ3) is 4.33. The molecule has 0 radical (unpaired) electrons. The summed E-state index contributed by atoms with van der Waals surface area (Å²) in [4.78, 5) is 18.9. The first-order valence-corrected chi connectivity index (χ1v) is 9.05. The number of urea groups is 1. The van der Waals surface area contributed by atoms with E-state index in [1.54, 1.807) is 4.90 Å². The molecule has 3 rings (SSSR count). The van der Waals surface area contributed by atoms with Crippen LogP contribution in [-0.4, -0.2) is 22.0 Å². The lowest BCUT2D eigenvalue weighted by molar-refractivity contribution is 0.179. The fourth-order valence-corrected chi connectivity index (χ4v) is 3.00. The highest BCUT2D eigenvalue weighted by Gasteiger charge is 2.19. The van der Waals surface area contributed by atoms with Gasteiger partial charge in [-0.3, -0.25) is 0 Å². The number of nitrogens with one attached hydrogen (secondary N) is 1. The van der Waals surface area contributed by atoms with Gasteiger partial charge < -0.3 is 10.2 Å². The van der Waals surface area contributed by atoms with Crippen LogP contribution in [0.1, 0.15) is 25.0 Å². The van der Waals surface area contributed by atoms with Gasteiger partial charge in [0.15, 0.2) is 0 Å². The zero-order valence-corrected chi connectivity index (χ0v) is 15.7. The van der Waals surface area contributed by atoms with Gasteiger partial charge in [-0.25, -0.2) is 9.78 Å². The van der Waals surface area contributed by atoms with E-state index >= 15 is 0 Å². The molecule has 3 aromatic rings. The molecule has 1 heterocycles. The van der Waals surface area contributed by atoms with Crippen molar-refractivity contribution in [2.24, 2.45) is 0 Å². The summed E-state index contributed by atoms with van der Waals surface area (Å²) in [7, 11) is 0. The minimum atomic E-state index is -0.118. The summed E-state index contributed by atoms with van der Waals surface area (Å²) in [6.07, 6.45) is 0. The topological polar surface area (TPSA) is 45.2 Å². The van der Waals surface area contributed by atoms with Crippen LogP contribution in [0.15, 0.2) is 60.7 Å². The fraction of sp³-hybridized carbons (Fsp3) is 0.238. The quantitative estimate of drug-likeness (QED) is 0.644. The molecule has 4 nitrogen and oxygen atoms in total. The maximum absolute atomic E-state index is 12.7. The van der Waals surface area contributed by atoms with Crippen molar-refractivity contribution in [3.8, 4) is 0 Å². The molecule has 5 heteroatoms. The highest BCUT2D eigenvalue weighted by atomic mass is 35.5. The van der Waals surface area contributed by atoms with Crippen molar-refractivity contribution in [2.75, 3.05) is 0 Å². The van der Waals surface area contributed by atoms with E-state index in [0.29, 0.717) is 18.2 Å². The van der Waals surface area contributed by atoms with E-state index in [4.69, 9.17) is 11.6 Å². The van der Waals surface area contributed by atoms with Crippen LogP contribution in [0, 0.1) is 0 Å². The standard InChI is InChI=1S/C21H22ClN3O/c1-15(2)25(21(26)23-13-16-8-4-3-5-9-16)14-18-12-17-10-6-7-11-19(17)24-20(18)22/h3-12,15H,13-14H2,1-2H3,(H,23,26). The third-order valence-electron chi connectivity index (χ3n) is 4.26. The van der Waals surface area contributed by atoms with E-state index < -0.39 is 0 Å². The Bertz CT molecular complexity index is 896. The number of halogens is 1. The SMILES string of the molecule is CC(C)N(Cc1cc2ccccc2nc1Cl)C(=O)NCc1ccccc1. The number of hydrogen-bond acceptors (Lipinski definition) is 2. The fourth-order valence-electron chi connectivity index (χ4n) is 2.79. The number of hydrogen-bond donors (Lipinski definition) is 1. The van der Waals surface area contributed by atoms with Crippen molar-refractivity contribution in [3.63, 3.8) is 0 Å². The second kappa shape index (κ2) is 8.19. The van der Waals surface area contributed by atoms with Gasteiger partial charge in [0, 0.05) is 23.5 Å². The highest BCUT2D eigenvalue weighted by Crippen LogP contribution is 2.22. The Morgan fingerprint density at radius 3 is 2.54 bits per heavy atom. The summed E-state index contributed by atoms with van der Waals surface area (Å²) in [6.45, 7) is 4.89. The van der Waals surface area contributed by atoms with Crippen LogP contribution in [0.25, 0.3) is 10.9 Å². The molecule has 0 aliphatic heterocycles. The minimum absolute atomic E-state index is 0.0355. The first-order valence-electron chi connectivity index (χ1n) is 8.67. The van der Waals surface area contributed by atoms with Gasteiger partial charge in [-0.1, -0.05) is 60.1 Å².